The lowest BCUT2D eigenvalue weighted by Crippen LogP contribution is -1.78. The third-order valence-corrected chi connectivity index (χ3v) is 1.67. The lowest BCUT2D eigenvalue weighted by Gasteiger charge is -1.92. The normalized spacial score (nSPS) is 8.79. The van der Waals surface area contributed by atoms with E-state index >= 15 is 0 Å². The van der Waals surface area contributed by atoms with E-state index in [1.807, 2.05) is 42.5 Å². The molecule has 1 aromatic carbocycles. The van der Waals surface area contributed by atoms with Gasteiger partial charge in [0.05, 0.1) is 0 Å². The second-order valence-electron chi connectivity index (χ2n) is 3.53. The van der Waals surface area contributed by atoms with Crippen molar-refractivity contribution in [2.75, 3.05) is 0 Å². The van der Waals surface area contributed by atoms with Crippen LogP contribution in [0.5, 0.6) is 0 Å². The number of hydrogen-bond donors (Lipinski definition) is 0. The fourth-order valence-corrected chi connectivity index (χ4v) is 0.922. The van der Waals surface area contributed by atoms with Crippen LogP contribution in [0.2, 0.25) is 0 Å². The number of rotatable bonds is 3. The fourth-order valence-electron chi connectivity index (χ4n) is 0.922. The molecule has 0 radical (unpaired) electrons. The minimum atomic E-state index is 0.780. The molecule has 0 unspecified atom stereocenters. The monoisotopic (exact) mass is 188 g/mol. The predicted molar refractivity (Wildman–Crippen MR) is 66.2 cm³/mol. The van der Waals surface area contributed by atoms with E-state index in [1.165, 1.54) is 5.56 Å². The lowest BCUT2D eigenvalue weighted by atomic mass is 10.1. The molecule has 0 atom stereocenters. The summed E-state index contributed by atoms with van der Waals surface area (Å²) in [7, 11) is 0. The quantitative estimate of drug-likeness (QED) is 0.610. The molecule has 0 fully saturated rings. The van der Waals surface area contributed by atoms with Gasteiger partial charge in [0.25, 0.3) is 0 Å². The van der Waals surface area contributed by atoms with Crippen LogP contribution < -0.4 is 0 Å². The van der Waals surface area contributed by atoms with Crippen molar-refractivity contribution in [3.8, 4) is 0 Å². The standard InChI is InChI=1S/C8H8.C6H12/c1-2-8-6-4-3-5-7-8;1-4-5-6(2)3/h2-7H,1H2;4,6H,1,5H2,2-3H3. The first-order chi connectivity index (χ1) is 6.70. The Kier molecular flexibility index (Phi) is 7.53. The molecule has 0 aliphatic heterocycles. The van der Waals surface area contributed by atoms with Crippen molar-refractivity contribution < 1.29 is 0 Å². The van der Waals surface area contributed by atoms with Crippen LogP contribution in [-0.2, 0) is 0 Å². The molecule has 0 N–H and O–H groups in total. The molecule has 0 heteroatoms. The van der Waals surface area contributed by atoms with Crippen molar-refractivity contribution in [3.05, 3.63) is 55.1 Å². The van der Waals surface area contributed by atoms with Crippen molar-refractivity contribution in [3.63, 3.8) is 0 Å². The summed E-state index contributed by atoms with van der Waals surface area (Å²) in [4.78, 5) is 0. The predicted octanol–water partition coefficient (Wildman–Crippen LogP) is 4.55. The van der Waals surface area contributed by atoms with Crippen LogP contribution in [0.3, 0.4) is 0 Å². The van der Waals surface area contributed by atoms with Crippen molar-refractivity contribution >= 4 is 6.08 Å². The van der Waals surface area contributed by atoms with Crippen LogP contribution in [0.1, 0.15) is 25.8 Å². The molecule has 0 heterocycles. The summed E-state index contributed by atoms with van der Waals surface area (Å²) in [6, 6.07) is 10.0. The van der Waals surface area contributed by atoms with Crippen LogP contribution in [0.25, 0.3) is 6.08 Å². The van der Waals surface area contributed by atoms with Gasteiger partial charge in [-0.15, -0.1) is 6.58 Å². The van der Waals surface area contributed by atoms with Gasteiger partial charge < -0.3 is 0 Å². The highest BCUT2D eigenvalue weighted by atomic mass is 13.9. The molecular weight excluding hydrogens is 168 g/mol. The third kappa shape index (κ3) is 7.35. The van der Waals surface area contributed by atoms with Crippen molar-refractivity contribution in [1.29, 1.82) is 0 Å². The molecule has 0 saturated carbocycles. The summed E-state index contributed by atoms with van der Waals surface area (Å²) in [6.45, 7) is 11.6. The maximum atomic E-state index is 3.63. The van der Waals surface area contributed by atoms with Crippen LogP contribution >= 0.6 is 0 Å². The van der Waals surface area contributed by atoms with Gasteiger partial charge in [-0.1, -0.05) is 62.9 Å². The number of hydrogen-bond acceptors (Lipinski definition) is 0. The molecule has 0 nitrogen and oxygen atoms in total. The first-order valence-electron chi connectivity index (χ1n) is 4.99. The zero-order chi connectivity index (χ0) is 10.8. The van der Waals surface area contributed by atoms with E-state index in [2.05, 4.69) is 27.0 Å². The van der Waals surface area contributed by atoms with E-state index in [0.717, 1.165) is 12.3 Å². The summed E-state index contributed by atoms with van der Waals surface area (Å²) < 4.78 is 0. The van der Waals surface area contributed by atoms with E-state index in [1.54, 1.807) is 0 Å². The first-order valence-corrected chi connectivity index (χ1v) is 4.99. The van der Waals surface area contributed by atoms with Gasteiger partial charge in [-0.3, -0.25) is 0 Å². The molecule has 1 aromatic rings. The molecule has 0 aliphatic carbocycles. The van der Waals surface area contributed by atoms with E-state index in [4.69, 9.17) is 0 Å². The number of benzene rings is 1. The summed E-state index contributed by atoms with van der Waals surface area (Å²) in [5.41, 5.74) is 1.17. The summed E-state index contributed by atoms with van der Waals surface area (Å²) in [6.07, 6.45) is 4.92. The number of allylic oxidation sites excluding steroid dienone is 1. The molecular formula is C14H20. The van der Waals surface area contributed by atoms with E-state index in [9.17, 15) is 0 Å². The Morgan fingerprint density at radius 2 is 1.71 bits per heavy atom. The maximum Gasteiger partial charge on any atom is -0.0263 e. The Bertz CT molecular complexity index is 244. The highest BCUT2D eigenvalue weighted by molar-refractivity contribution is 5.45. The molecule has 0 amide bonds. The highest BCUT2D eigenvalue weighted by Crippen LogP contribution is 1.97. The maximum absolute atomic E-state index is 3.63. The Labute approximate surface area is 88.0 Å². The molecule has 14 heavy (non-hydrogen) atoms. The summed E-state index contributed by atoms with van der Waals surface area (Å²) in [5.74, 6) is 0.780. The van der Waals surface area contributed by atoms with Gasteiger partial charge in [0, 0.05) is 0 Å². The first kappa shape index (κ1) is 12.7. The van der Waals surface area contributed by atoms with Gasteiger partial charge in [0.2, 0.25) is 0 Å². The van der Waals surface area contributed by atoms with Gasteiger partial charge in [0.1, 0.15) is 0 Å². The Balaban J connectivity index is 0.000000255. The van der Waals surface area contributed by atoms with Crippen LogP contribution in [-0.4, -0.2) is 0 Å². The van der Waals surface area contributed by atoms with Gasteiger partial charge in [0.15, 0.2) is 0 Å². The third-order valence-electron chi connectivity index (χ3n) is 1.67. The van der Waals surface area contributed by atoms with E-state index < -0.39 is 0 Å². The average Bonchev–Trinajstić information content (AvgIpc) is 2.20. The lowest BCUT2D eigenvalue weighted by molar-refractivity contribution is 0.664. The molecule has 0 saturated heterocycles. The smallest absolute Gasteiger partial charge is 0.0263 e. The van der Waals surface area contributed by atoms with Gasteiger partial charge in [-0.05, 0) is 17.9 Å². The minimum Gasteiger partial charge on any atom is -0.103 e. The molecule has 1 rings (SSSR count). The van der Waals surface area contributed by atoms with Crippen molar-refractivity contribution in [1.82, 2.24) is 0 Å². The zero-order valence-corrected chi connectivity index (χ0v) is 9.24. The summed E-state index contributed by atoms with van der Waals surface area (Å²) in [5, 5.41) is 0. The molecule has 76 valence electrons. The van der Waals surface area contributed by atoms with Crippen molar-refractivity contribution in [2.24, 2.45) is 5.92 Å². The molecule has 0 spiro atoms. The van der Waals surface area contributed by atoms with Crippen LogP contribution in [0.15, 0.2) is 49.6 Å². The Hall–Kier alpha value is -1.30. The fraction of sp³-hybridized carbons (Fsp3) is 0.286. The average molecular weight is 188 g/mol. The molecule has 0 aliphatic rings. The molecule has 0 aromatic heterocycles. The van der Waals surface area contributed by atoms with Crippen molar-refractivity contribution in [2.45, 2.75) is 20.3 Å². The van der Waals surface area contributed by atoms with Gasteiger partial charge in [-0.25, -0.2) is 0 Å². The second kappa shape index (κ2) is 8.31. The van der Waals surface area contributed by atoms with Crippen LogP contribution in [0, 0.1) is 5.92 Å². The highest BCUT2D eigenvalue weighted by Gasteiger charge is 1.82. The molecule has 0 bridgehead atoms. The van der Waals surface area contributed by atoms with Gasteiger partial charge >= 0.3 is 0 Å². The van der Waals surface area contributed by atoms with E-state index in [-0.39, 0.29) is 0 Å². The largest absolute Gasteiger partial charge is 0.103 e. The Morgan fingerprint density at radius 3 is 1.93 bits per heavy atom. The zero-order valence-electron chi connectivity index (χ0n) is 9.24. The SMILES string of the molecule is C=CCC(C)C.C=Cc1ccccc1. The topological polar surface area (TPSA) is 0 Å². The van der Waals surface area contributed by atoms with E-state index in [0.29, 0.717) is 0 Å². The van der Waals surface area contributed by atoms with Crippen LogP contribution in [0.4, 0.5) is 0 Å². The summed E-state index contributed by atoms with van der Waals surface area (Å²) >= 11 is 0. The minimum absolute atomic E-state index is 0.780. The second-order valence-corrected chi connectivity index (χ2v) is 3.53. The Morgan fingerprint density at radius 1 is 1.14 bits per heavy atom. The van der Waals surface area contributed by atoms with Gasteiger partial charge in [-0.2, -0.15) is 0 Å².